The number of hydrogen-bond donors (Lipinski definition) is 1. The van der Waals surface area contributed by atoms with E-state index in [2.05, 4.69) is 5.32 Å². The van der Waals surface area contributed by atoms with Crippen LogP contribution in [0.5, 0.6) is 0 Å². The Bertz CT molecular complexity index is 446. The van der Waals surface area contributed by atoms with Crippen molar-refractivity contribution >= 4 is 6.09 Å². The smallest absolute Gasteiger partial charge is 0.407 e. The van der Waals surface area contributed by atoms with Crippen LogP contribution in [-0.2, 0) is 20.8 Å². The lowest BCUT2D eigenvalue weighted by atomic mass is 10.2. The predicted octanol–water partition coefficient (Wildman–Crippen LogP) is 1.88. The minimum absolute atomic E-state index is 0.151. The topological polar surface area (TPSA) is 56.8 Å². The van der Waals surface area contributed by atoms with Crippen LogP contribution in [0.3, 0.4) is 0 Å². The fourth-order valence-electron chi connectivity index (χ4n) is 1.92. The SMILES string of the molecule is CO[C@H](COC(=O)NCc1ccccc1)[C@@H]1C=CCO1. The molecule has 0 aromatic heterocycles. The fraction of sp³-hybridized carbons (Fsp3) is 0.400. The van der Waals surface area contributed by atoms with Crippen molar-refractivity contribution in [3.05, 3.63) is 48.0 Å². The van der Waals surface area contributed by atoms with Gasteiger partial charge >= 0.3 is 6.09 Å². The molecule has 0 aliphatic carbocycles. The van der Waals surface area contributed by atoms with Crippen molar-refractivity contribution in [1.29, 1.82) is 0 Å². The first-order valence-corrected chi connectivity index (χ1v) is 6.55. The van der Waals surface area contributed by atoms with Crippen molar-refractivity contribution < 1.29 is 19.0 Å². The van der Waals surface area contributed by atoms with Gasteiger partial charge in [-0.2, -0.15) is 0 Å². The maximum atomic E-state index is 11.6. The highest BCUT2D eigenvalue weighted by atomic mass is 16.6. The molecule has 1 N–H and O–H groups in total. The number of benzene rings is 1. The Hall–Kier alpha value is -1.85. The van der Waals surface area contributed by atoms with Gasteiger partial charge in [-0.3, -0.25) is 0 Å². The van der Waals surface area contributed by atoms with Gasteiger partial charge < -0.3 is 19.5 Å². The molecule has 0 saturated carbocycles. The molecule has 0 spiro atoms. The maximum Gasteiger partial charge on any atom is 0.407 e. The minimum Gasteiger partial charge on any atom is -0.447 e. The van der Waals surface area contributed by atoms with E-state index in [0.29, 0.717) is 13.2 Å². The summed E-state index contributed by atoms with van der Waals surface area (Å²) in [5.74, 6) is 0. The van der Waals surface area contributed by atoms with Crippen LogP contribution in [0.4, 0.5) is 4.79 Å². The Labute approximate surface area is 118 Å². The number of nitrogens with one attached hydrogen (secondary N) is 1. The van der Waals surface area contributed by atoms with Crippen LogP contribution in [-0.4, -0.2) is 38.6 Å². The molecule has 1 aromatic rings. The number of carbonyl (C=O) groups excluding carboxylic acids is 1. The van der Waals surface area contributed by atoms with Gasteiger partial charge in [0.1, 0.15) is 18.8 Å². The van der Waals surface area contributed by atoms with E-state index in [0.717, 1.165) is 5.56 Å². The molecule has 20 heavy (non-hydrogen) atoms. The summed E-state index contributed by atoms with van der Waals surface area (Å²) in [6.07, 6.45) is 2.95. The Morgan fingerprint density at radius 1 is 1.45 bits per heavy atom. The average molecular weight is 277 g/mol. The van der Waals surface area contributed by atoms with Gasteiger partial charge in [0.25, 0.3) is 0 Å². The van der Waals surface area contributed by atoms with Gasteiger partial charge in [0.2, 0.25) is 0 Å². The molecule has 0 bridgehead atoms. The van der Waals surface area contributed by atoms with Gasteiger partial charge in [0.15, 0.2) is 0 Å². The Balaban J connectivity index is 1.70. The minimum atomic E-state index is -0.460. The zero-order valence-corrected chi connectivity index (χ0v) is 11.5. The highest BCUT2D eigenvalue weighted by molar-refractivity contribution is 5.67. The van der Waals surface area contributed by atoms with Crippen molar-refractivity contribution in [2.45, 2.75) is 18.8 Å². The lowest BCUT2D eigenvalue weighted by molar-refractivity contribution is -0.0434. The monoisotopic (exact) mass is 277 g/mol. The van der Waals surface area contributed by atoms with E-state index >= 15 is 0 Å². The summed E-state index contributed by atoms with van der Waals surface area (Å²) in [5, 5.41) is 2.69. The number of alkyl carbamates (subject to hydrolysis) is 1. The van der Waals surface area contributed by atoms with E-state index in [1.54, 1.807) is 7.11 Å². The summed E-state index contributed by atoms with van der Waals surface area (Å²) in [7, 11) is 1.57. The molecule has 0 unspecified atom stereocenters. The van der Waals surface area contributed by atoms with Gasteiger partial charge in [-0.25, -0.2) is 4.79 Å². The summed E-state index contributed by atoms with van der Waals surface area (Å²) in [6, 6.07) is 9.66. The third-order valence-corrected chi connectivity index (χ3v) is 3.04. The highest BCUT2D eigenvalue weighted by Gasteiger charge is 2.23. The highest BCUT2D eigenvalue weighted by Crippen LogP contribution is 2.11. The molecule has 0 saturated heterocycles. The second-order valence-corrected chi connectivity index (χ2v) is 4.44. The predicted molar refractivity (Wildman–Crippen MR) is 74.3 cm³/mol. The Kier molecular flexibility index (Phi) is 5.58. The molecular weight excluding hydrogens is 258 g/mol. The number of amides is 1. The zero-order valence-electron chi connectivity index (χ0n) is 11.5. The summed E-state index contributed by atoms with van der Waals surface area (Å²) < 4.78 is 15.8. The van der Waals surface area contributed by atoms with Crippen molar-refractivity contribution in [2.75, 3.05) is 20.3 Å². The number of rotatable bonds is 6. The van der Waals surface area contributed by atoms with Crippen LogP contribution in [0, 0.1) is 0 Å². The summed E-state index contributed by atoms with van der Waals surface area (Å²) >= 11 is 0. The van der Waals surface area contributed by atoms with Crippen LogP contribution in [0.25, 0.3) is 0 Å². The molecule has 5 nitrogen and oxygen atoms in total. The fourth-order valence-corrected chi connectivity index (χ4v) is 1.92. The molecule has 0 radical (unpaired) electrons. The molecule has 1 heterocycles. The normalized spacial score (nSPS) is 18.8. The van der Waals surface area contributed by atoms with Gasteiger partial charge in [0.05, 0.1) is 6.61 Å². The van der Waals surface area contributed by atoms with Crippen molar-refractivity contribution in [3.8, 4) is 0 Å². The van der Waals surface area contributed by atoms with Gasteiger partial charge in [0, 0.05) is 13.7 Å². The molecule has 1 aliphatic heterocycles. The van der Waals surface area contributed by atoms with E-state index in [-0.39, 0.29) is 18.8 Å². The van der Waals surface area contributed by atoms with Crippen LogP contribution in [0.2, 0.25) is 0 Å². The molecule has 108 valence electrons. The van der Waals surface area contributed by atoms with Crippen LogP contribution in [0.1, 0.15) is 5.56 Å². The number of ether oxygens (including phenoxy) is 3. The summed E-state index contributed by atoms with van der Waals surface area (Å²) in [6.45, 7) is 1.17. The molecule has 2 atom stereocenters. The number of carbonyl (C=O) groups is 1. The molecule has 1 aliphatic rings. The van der Waals surface area contributed by atoms with Crippen LogP contribution >= 0.6 is 0 Å². The largest absolute Gasteiger partial charge is 0.447 e. The van der Waals surface area contributed by atoms with E-state index in [1.165, 1.54) is 0 Å². The van der Waals surface area contributed by atoms with E-state index < -0.39 is 6.09 Å². The van der Waals surface area contributed by atoms with Crippen molar-refractivity contribution in [3.63, 3.8) is 0 Å². The van der Waals surface area contributed by atoms with Crippen LogP contribution < -0.4 is 5.32 Å². The molecule has 5 heteroatoms. The van der Waals surface area contributed by atoms with Crippen molar-refractivity contribution in [2.24, 2.45) is 0 Å². The Morgan fingerprint density at radius 3 is 2.90 bits per heavy atom. The van der Waals surface area contributed by atoms with E-state index in [9.17, 15) is 4.79 Å². The number of methoxy groups -OCH3 is 1. The first-order chi connectivity index (χ1) is 9.79. The maximum absolute atomic E-state index is 11.6. The van der Waals surface area contributed by atoms with E-state index in [4.69, 9.17) is 14.2 Å². The quantitative estimate of drug-likeness (QED) is 0.807. The third-order valence-electron chi connectivity index (χ3n) is 3.04. The third kappa shape index (κ3) is 4.36. The standard InChI is InChI=1S/C15H19NO4/c1-18-14(13-8-5-9-19-13)11-20-15(17)16-10-12-6-3-2-4-7-12/h2-8,13-14H,9-11H2,1H3,(H,16,17)/t13-,14+/m0/s1. The zero-order chi connectivity index (χ0) is 14.2. The first kappa shape index (κ1) is 14.6. The molecular formula is C15H19NO4. The average Bonchev–Trinajstić information content (AvgIpc) is 3.01. The molecule has 0 fully saturated rings. The second kappa shape index (κ2) is 7.67. The lowest BCUT2D eigenvalue weighted by Gasteiger charge is -2.20. The van der Waals surface area contributed by atoms with Gasteiger partial charge in [-0.05, 0) is 5.56 Å². The lowest BCUT2D eigenvalue weighted by Crippen LogP contribution is -2.35. The van der Waals surface area contributed by atoms with Crippen LogP contribution in [0.15, 0.2) is 42.5 Å². The van der Waals surface area contributed by atoms with Gasteiger partial charge in [-0.1, -0.05) is 42.5 Å². The first-order valence-electron chi connectivity index (χ1n) is 6.55. The number of hydrogen-bond acceptors (Lipinski definition) is 4. The summed E-state index contributed by atoms with van der Waals surface area (Å²) in [5.41, 5.74) is 1.02. The summed E-state index contributed by atoms with van der Waals surface area (Å²) in [4.78, 5) is 11.6. The van der Waals surface area contributed by atoms with Crippen molar-refractivity contribution in [1.82, 2.24) is 5.32 Å². The second-order valence-electron chi connectivity index (χ2n) is 4.44. The van der Waals surface area contributed by atoms with E-state index in [1.807, 2.05) is 42.5 Å². The Morgan fingerprint density at radius 2 is 2.25 bits per heavy atom. The molecule has 1 aromatic carbocycles. The van der Waals surface area contributed by atoms with Gasteiger partial charge in [-0.15, -0.1) is 0 Å². The molecule has 2 rings (SSSR count). The molecule has 1 amide bonds.